The van der Waals surface area contributed by atoms with Crippen LogP contribution in [0.5, 0.6) is 0 Å². The van der Waals surface area contributed by atoms with Gasteiger partial charge < -0.3 is 5.32 Å². The Kier molecular flexibility index (Phi) is 3.98. The molecule has 0 amide bonds. The minimum atomic E-state index is 0.808. The predicted molar refractivity (Wildman–Crippen MR) is 75.6 cm³/mol. The maximum atomic E-state index is 3.79. The van der Waals surface area contributed by atoms with Crippen molar-refractivity contribution in [3.63, 3.8) is 0 Å². The smallest absolute Gasteiger partial charge is 0.0226 e. The Morgan fingerprint density at radius 3 is 3.18 bits per heavy atom. The van der Waals surface area contributed by atoms with Crippen molar-refractivity contribution in [3.05, 3.63) is 0 Å². The Balaban J connectivity index is 1.52. The van der Waals surface area contributed by atoms with Crippen LogP contribution in [-0.4, -0.2) is 48.1 Å². The van der Waals surface area contributed by atoms with Crippen LogP contribution >= 0.6 is 11.8 Å². The van der Waals surface area contributed by atoms with E-state index in [2.05, 4.69) is 28.9 Å². The van der Waals surface area contributed by atoms with E-state index in [1.165, 1.54) is 57.6 Å². The molecule has 2 saturated heterocycles. The van der Waals surface area contributed by atoms with Gasteiger partial charge in [-0.15, -0.1) is 0 Å². The molecule has 0 bridgehead atoms. The van der Waals surface area contributed by atoms with Gasteiger partial charge >= 0.3 is 0 Å². The number of rotatable bonds is 3. The van der Waals surface area contributed by atoms with Crippen molar-refractivity contribution in [2.24, 2.45) is 11.8 Å². The quantitative estimate of drug-likeness (QED) is 0.831. The van der Waals surface area contributed by atoms with Gasteiger partial charge in [0.15, 0.2) is 0 Å². The van der Waals surface area contributed by atoms with Gasteiger partial charge in [-0.05, 0) is 37.6 Å². The highest BCUT2D eigenvalue weighted by Gasteiger charge is 2.39. The molecule has 2 aliphatic heterocycles. The summed E-state index contributed by atoms with van der Waals surface area (Å²) in [6.45, 7) is 7.60. The summed E-state index contributed by atoms with van der Waals surface area (Å²) in [5.74, 6) is 3.37. The van der Waals surface area contributed by atoms with Gasteiger partial charge in [0.25, 0.3) is 0 Å². The Hall–Kier alpha value is 0.270. The molecule has 0 aromatic carbocycles. The van der Waals surface area contributed by atoms with Gasteiger partial charge in [0.1, 0.15) is 0 Å². The SMILES string of the molecule is CCC1CN(CC2NCC3CCCC32)CCS1. The molecule has 17 heavy (non-hydrogen) atoms. The van der Waals surface area contributed by atoms with Crippen molar-refractivity contribution >= 4 is 11.8 Å². The molecule has 4 atom stereocenters. The summed E-state index contributed by atoms with van der Waals surface area (Å²) in [4.78, 5) is 2.73. The first-order chi connectivity index (χ1) is 8.36. The van der Waals surface area contributed by atoms with Gasteiger partial charge in [-0.25, -0.2) is 0 Å². The van der Waals surface area contributed by atoms with Gasteiger partial charge in [-0.2, -0.15) is 11.8 Å². The van der Waals surface area contributed by atoms with Crippen LogP contribution in [0.15, 0.2) is 0 Å². The fourth-order valence-electron chi connectivity index (χ4n) is 3.97. The molecule has 0 aromatic heterocycles. The molecule has 1 saturated carbocycles. The van der Waals surface area contributed by atoms with Crippen LogP contribution in [-0.2, 0) is 0 Å². The van der Waals surface area contributed by atoms with Crippen LogP contribution in [0.1, 0.15) is 32.6 Å². The molecule has 0 aromatic rings. The molecular weight excluding hydrogens is 228 g/mol. The Bertz CT molecular complexity index is 259. The van der Waals surface area contributed by atoms with Crippen molar-refractivity contribution in [1.82, 2.24) is 10.2 Å². The molecule has 98 valence electrons. The molecule has 0 radical (unpaired) electrons. The zero-order valence-corrected chi connectivity index (χ0v) is 11.8. The fourth-order valence-corrected chi connectivity index (χ4v) is 5.22. The van der Waals surface area contributed by atoms with Gasteiger partial charge in [0.2, 0.25) is 0 Å². The third-order valence-electron chi connectivity index (χ3n) is 5.01. The summed E-state index contributed by atoms with van der Waals surface area (Å²) in [6.07, 6.45) is 5.80. The molecule has 4 unspecified atom stereocenters. The van der Waals surface area contributed by atoms with Gasteiger partial charge in [-0.1, -0.05) is 13.3 Å². The van der Waals surface area contributed by atoms with Gasteiger partial charge in [0.05, 0.1) is 0 Å². The lowest BCUT2D eigenvalue weighted by Gasteiger charge is -2.34. The molecule has 2 heterocycles. The Morgan fingerprint density at radius 2 is 2.29 bits per heavy atom. The zero-order valence-electron chi connectivity index (χ0n) is 11.0. The number of nitrogens with zero attached hydrogens (tertiary/aromatic N) is 1. The molecule has 3 rings (SSSR count). The Labute approximate surface area is 110 Å². The van der Waals surface area contributed by atoms with E-state index in [0.29, 0.717) is 0 Å². The summed E-state index contributed by atoms with van der Waals surface area (Å²) in [5, 5.41) is 4.68. The molecule has 1 aliphatic carbocycles. The summed E-state index contributed by atoms with van der Waals surface area (Å²) >= 11 is 2.18. The van der Waals surface area contributed by atoms with Crippen molar-refractivity contribution in [2.75, 3.05) is 31.9 Å². The summed E-state index contributed by atoms with van der Waals surface area (Å²) in [7, 11) is 0. The van der Waals surface area contributed by atoms with E-state index in [9.17, 15) is 0 Å². The number of hydrogen-bond acceptors (Lipinski definition) is 3. The second-order valence-electron chi connectivity index (χ2n) is 6.03. The topological polar surface area (TPSA) is 15.3 Å². The third kappa shape index (κ3) is 2.66. The standard InChI is InChI=1S/C14H26N2S/c1-2-12-9-16(6-7-17-12)10-14-13-5-3-4-11(13)8-15-14/h11-15H,2-10H2,1H3. The summed E-state index contributed by atoms with van der Waals surface area (Å²) < 4.78 is 0. The van der Waals surface area contributed by atoms with Crippen molar-refractivity contribution in [3.8, 4) is 0 Å². The Morgan fingerprint density at radius 1 is 1.35 bits per heavy atom. The fraction of sp³-hybridized carbons (Fsp3) is 1.00. The molecule has 3 aliphatic rings. The molecule has 1 N–H and O–H groups in total. The molecule has 0 spiro atoms. The van der Waals surface area contributed by atoms with Crippen LogP contribution in [0, 0.1) is 11.8 Å². The van der Waals surface area contributed by atoms with E-state index < -0.39 is 0 Å². The highest BCUT2D eigenvalue weighted by Crippen LogP contribution is 2.38. The molecule has 2 nitrogen and oxygen atoms in total. The molecular formula is C14H26N2S. The lowest BCUT2D eigenvalue weighted by molar-refractivity contribution is 0.231. The van der Waals surface area contributed by atoms with Gasteiger partial charge in [-0.3, -0.25) is 4.90 Å². The zero-order chi connectivity index (χ0) is 11.7. The van der Waals surface area contributed by atoms with E-state index in [1.807, 2.05) is 0 Å². The number of fused-ring (bicyclic) bond motifs is 1. The van der Waals surface area contributed by atoms with Crippen molar-refractivity contribution < 1.29 is 0 Å². The minimum absolute atomic E-state index is 0.808. The maximum Gasteiger partial charge on any atom is 0.0226 e. The van der Waals surface area contributed by atoms with E-state index in [0.717, 1.165) is 23.1 Å². The van der Waals surface area contributed by atoms with Crippen LogP contribution < -0.4 is 5.32 Å². The summed E-state index contributed by atoms with van der Waals surface area (Å²) in [6, 6.07) is 0.808. The minimum Gasteiger partial charge on any atom is -0.312 e. The normalized spacial score (nSPS) is 42.9. The number of nitrogens with one attached hydrogen (secondary N) is 1. The number of hydrogen-bond donors (Lipinski definition) is 1. The first-order valence-electron chi connectivity index (χ1n) is 7.44. The lowest BCUT2D eigenvalue weighted by Crippen LogP contribution is -2.46. The largest absolute Gasteiger partial charge is 0.312 e. The second kappa shape index (κ2) is 5.50. The van der Waals surface area contributed by atoms with Crippen molar-refractivity contribution in [2.45, 2.75) is 43.9 Å². The van der Waals surface area contributed by atoms with Gasteiger partial charge in [0, 0.05) is 36.7 Å². The van der Waals surface area contributed by atoms with Crippen LogP contribution in [0.3, 0.4) is 0 Å². The predicted octanol–water partition coefficient (Wildman–Crippen LogP) is 2.20. The number of thioether (sulfide) groups is 1. The van der Waals surface area contributed by atoms with E-state index in [-0.39, 0.29) is 0 Å². The highest BCUT2D eigenvalue weighted by molar-refractivity contribution is 8.00. The van der Waals surface area contributed by atoms with Crippen LogP contribution in [0.2, 0.25) is 0 Å². The second-order valence-corrected chi connectivity index (χ2v) is 7.44. The monoisotopic (exact) mass is 254 g/mol. The average Bonchev–Trinajstić information content (AvgIpc) is 2.94. The maximum absolute atomic E-state index is 3.79. The lowest BCUT2D eigenvalue weighted by atomic mass is 9.94. The highest BCUT2D eigenvalue weighted by atomic mass is 32.2. The first kappa shape index (κ1) is 12.3. The van der Waals surface area contributed by atoms with E-state index >= 15 is 0 Å². The third-order valence-corrected chi connectivity index (χ3v) is 6.38. The molecule has 3 heteroatoms. The van der Waals surface area contributed by atoms with Crippen LogP contribution in [0.25, 0.3) is 0 Å². The van der Waals surface area contributed by atoms with Crippen molar-refractivity contribution in [1.29, 1.82) is 0 Å². The molecule has 3 fully saturated rings. The van der Waals surface area contributed by atoms with E-state index in [4.69, 9.17) is 0 Å². The van der Waals surface area contributed by atoms with Crippen LogP contribution in [0.4, 0.5) is 0 Å². The first-order valence-corrected chi connectivity index (χ1v) is 8.49. The summed E-state index contributed by atoms with van der Waals surface area (Å²) in [5.41, 5.74) is 0. The van der Waals surface area contributed by atoms with E-state index in [1.54, 1.807) is 0 Å². The average molecular weight is 254 g/mol.